The molecule has 0 aliphatic rings. The van der Waals surface area contributed by atoms with Crippen LogP contribution in [0.1, 0.15) is 16.1 Å². The van der Waals surface area contributed by atoms with Crippen molar-refractivity contribution in [3.8, 4) is 11.4 Å². The molecule has 6 nitrogen and oxygen atoms in total. The van der Waals surface area contributed by atoms with Crippen LogP contribution in [0, 0.1) is 12.7 Å². The van der Waals surface area contributed by atoms with Crippen LogP contribution in [0.4, 0.5) is 10.1 Å². The number of anilines is 1. The smallest absolute Gasteiger partial charge is 0.295 e. The minimum Gasteiger partial charge on any atom is -0.494 e. The number of Topliss-reactive ketones (excluding diaryl/α,β-unsaturated/α-hetero) is 1. The number of halogens is 1. The standard InChI is InChI=1S/C20H20FN3O3/c1-13-19(20(26)24(23(13)2)15-7-5-4-6-8-15)22-12-17(25)14-9-10-18(27-3)16(21)11-14/h4-11,22H,12H2,1-3H3. The number of carbonyl (C=O) groups is 1. The number of carbonyl (C=O) groups excluding carboxylic acids is 1. The van der Waals surface area contributed by atoms with E-state index in [9.17, 15) is 14.0 Å². The first-order valence-electron chi connectivity index (χ1n) is 8.38. The number of aromatic nitrogens is 2. The van der Waals surface area contributed by atoms with Gasteiger partial charge in [0.1, 0.15) is 5.69 Å². The molecule has 3 rings (SSSR count). The fourth-order valence-corrected chi connectivity index (χ4v) is 2.88. The van der Waals surface area contributed by atoms with Gasteiger partial charge < -0.3 is 10.1 Å². The summed E-state index contributed by atoms with van der Waals surface area (Å²) >= 11 is 0. The van der Waals surface area contributed by atoms with E-state index in [0.717, 1.165) is 11.8 Å². The Bertz CT molecular complexity index is 1040. The van der Waals surface area contributed by atoms with Gasteiger partial charge in [0.15, 0.2) is 17.3 Å². The fraction of sp³-hybridized carbons (Fsp3) is 0.200. The SMILES string of the molecule is COc1ccc(C(=O)CNc2c(C)n(C)n(-c3ccccc3)c2=O)cc1F. The predicted molar refractivity (Wildman–Crippen MR) is 102 cm³/mol. The molecule has 0 bridgehead atoms. The van der Waals surface area contributed by atoms with Crippen LogP contribution in [-0.2, 0) is 7.05 Å². The second-order valence-electron chi connectivity index (χ2n) is 6.06. The van der Waals surface area contributed by atoms with E-state index in [4.69, 9.17) is 4.74 Å². The van der Waals surface area contributed by atoms with Crippen molar-refractivity contribution in [1.82, 2.24) is 9.36 Å². The Morgan fingerprint density at radius 2 is 1.89 bits per heavy atom. The molecule has 0 spiro atoms. The molecular weight excluding hydrogens is 349 g/mol. The zero-order valence-electron chi connectivity index (χ0n) is 15.3. The Hall–Kier alpha value is -3.35. The van der Waals surface area contributed by atoms with Gasteiger partial charge >= 0.3 is 0 Å². The molecule has 1 N–H and O–H groups in total. The first kappa shape index (κ1) is 18.4. The average molecular weight is 369 g/mol. The van der Waals surface area contributed by atoms with Crippen molar-refractivity contribution >= 4 is 11.5 Å². The van der Waals surface area contributed by atoms with Crippen molar-refractivity contribution in [1.29, 1.82) is 0 Å². The van der Waals surface area contributed by atoms with Crippen molar-refractivity contribution in [3.63, 3.8) is 0 Å². The first-order chi connectivity index (χ1) is 12.9. The Kier molecular flexibility index (Phi) is 5.12. The van der Waals surface area contributed by atoms with Gasteiger partial charge in [-0.3, -0.25) is 14.3 Å². The highest BCUT2D eigenvalue weighted by molar-refractivity contribution is 5.99. The van der Waals surface area contributed by atoms with Crippen LogP contribution in [-0.4, -0.2) is 28.8 Å². The second-order valence-corrected chi connectivity index (χ2v) is 6.06. The van der Waals surface area contributed by atoms with E-state index in [1.54, 1.807) is 18.7 Å². The molecule has 27 heavy (non-hydrogen) atoms. The van der Waals surface area contributed by atoms with E-state index in [1.807, 2.05) is 30.3 Å². The van der Waals surface area contributed by atoms with Crippen LogP contribution in [0.2, 0.25) is 0 Å². The summed E-state index contributed by atoms with van der Waals surface area (Å²) in [6.45, 7) is 1.67. The maximum Gasteiger partial charge on any atom is 0.295 e. The van der Waals surface area contributed by atoms with E-state index < -0.39 is 5.82 Å². The number of para-hydroxylation sites is 1. The minimum absolute atomic E-state index is 0.0733. The fourth-order valence-electron chi connectivity index (χ4n) is 2.88. The number of benzene rings is 2. The molecule has 7 heteroatoms. The van der Waals surface area contributed by atoms with Crippen molar-refractivity contribution < 1.29 is 13.9 Å². The molecule has 0 saturated carbocycles. The third-order valence-corrected chi connectivity index (χ3v) is 4.45. The predicted octanol–water partition coefficient (Wildman–Crippen LogP) is 2.93. The maximum absolute atomic E-state index is 13.8. The molecule has 0 aliphatic carbocycles. The largest absolute Gasteiger partial charge is 0.494 e. The highest BCUT2D eigenvalue weighted by Gasteiger charge is 2.17. The molecule has 0 amide bonds. The van der Waals surface area contributed by atoms with Gasteiger partial charge in [-0.2, -0.15) is 0 Å². The normalized spacial score (nSPS) is 10.7. The van der Waals surface area contributed by atoms with Crippen molar-refractivity contribution in [3.05, 3.63) is 76.0 Å². The van der Waals surface area contributed by atoms with E-state index in [1.165, 1.54) is 23.9 Å². The summed E-state index contributed by atoms with van der Waals surface area (Å²) in [5.74, 6) is -0.861. The maximum atomic E-state index is 13.8. The van der Waals surface area contributed by atoms with Crippen LogP contribution in [0.5, 0.6) is 5.75 Å². The number of ketones is 1. The van der Waals surface area contributed by atoms with Gasteiger partial charge in [-0.15, -0.1) is 0 Å². The number of hydrogen-bond donors (Lipinski definition) is 1. The summed E-state index contributed by atoms with van der Waals surface area (Å²) in [7, 11) is 3.13. The highest BCUT2D eigenvalue weighted by Crippen LogP contribution is 2.18. The first-order valence-corrected chi connectivity index (χ1v) is 8.38. The Balaban J connectivity index is 1.84. The van der Waals surface area contributed by atoms with E-state index in [0.29, 0.717) is 11.4 Å². The number of nitrogens with one attached hydrogen (secondary N) is 1. The third kappa shape index (κ3) is 3.48. The lowest BCUT2D eigenvalue weighted by Gasteiger charge is -2.07. The minimum atomic E-state index is -0.606. The lowest BCUT2D eigenvalue weighted by molar-refractivity contribution is 0.101. The molecule has 0 fully saturated rings. The third-order valence-electron chi connectivity index (χ3n) is 4.45. The van der Waals surface area contributed by atoms with Crippen LogP contribution in [0.3, 0.4) is 0 Å². The van der Waals surface area contributed by atoms with Gasteiger partial charge in [-0.05, 0) is 37.3 Å². The van der Waals surface area contributed by atoms with Crippen LogP contribution in [0.15, 0.2) is 53.3 Å². The second kappa shape index (κ2) is 7.49. The molecule has 0 saturated heterocycles. The van der Waals surface area contributed by atoms with E-state index in [-0.39, 0.29) is 29.2 Å². The van der Waals surface area contributed by atoms with Crippen molar-refractivity contribution in [2.24, 2.45) is 7.05 Å². The molecule has 1 aromatic heterocycles. The molecule has 1 heterocycles. The Labute approximate surface area is 155 Å². The van der Waals surface area contributed by atoms with Gasteiger partial charge in [0.05, 0.1) is 25.0 Å². The summed E-state index contributed by atoms with van der Waals surface area (Å²) in [5.41, 5.74) is 1.71. The lowest BCUT2D eigenvalue weighted by Crippen LogP contribution is -2.22. The Morgan fingerprint density at radius 3 is 2.52 bits per heavy atom. The molecule has 0 radical (unpaired) electrons. The van der Waals surface area contributed by atoms with E-state index >= 15 is 0 Å². The number of methoxy groups -OCH3 is 1. The highest BCUT2D eigenvalue weighted by atomic mass is 19.1. The lowest BCUT2D eigenvalue weighted by atomic mass is 10.1. The van der Waals surface area contributed by atoms with Crippen molar-refractivity contribution in [2.45, 2.75) is 6.92 Å². The van der Waals surface area contributed by atoms with Gasteiger partial charge in [-0.25, -0.2) is 9.07 Å². The molecule has 0 atom stereocenters. The zero-order valence-corrected chi connectivity index (χ0v) is 15.3. The quantitative estimate of drug-likeness (QED) is 0.679. The summed E-state index contributed by atoms with van der Waals surface area (Å²) in [6, 6.07) is 13.2. The van der Waals surface area contributed by atoms with Gasteiger partial charge in [0.25, 0.3) is 5.56 Å². The summed E-state index contributed by atoms with van der Waals surface area (Å²) < 4.78 is 21.9. The number of hydrogen-bond acceptors (Lipinski definition) is 4. The monoisotopic (exact) mass is 369 g/mol. The summed E-state index contributed by atoms with van der Waals surface area (Å²) in [6.07, 6.45) is 0. The van der Waals surface area contributed by atoms with Crippen molar-refractivity contribution in [2.75, 3.05) is 19.0 Å². The van der Waals surface area contributed by atoms with Gasteiger partial charge in [0, 0.05) is 12.6 Å². The van der Waals surface area contributed by atoms with Crippen LogP contribution < -0.4 is 15.6 Å². The Morgan fingerprint density at radius 1 is 1.19 bits per heavy atom. The zero-order chi connectivity index (χ0) is 19.6. The number of rotatable bonds is 6. The number of ether oxygens (including phenoxy) is 1. The molecule has 140 valence electrons. The number of nitrogens with zero attached hydrogens (tertiary/aromatic N) is 2. The molecule has 2 aromatic carbocycles. The van der Waals surface area contributed by atoms with Crippen LogP contribution in [0.25, 0.3) is 5.69 Å². The van der Waals surface area contributed by atoms with Crippen LogP contribution >= 0.6 is 0 Å². The topological polar surface area (TPSA) is 65.3 Å². The van der Waals surface area contributed by atoms with Gasteiger partial charge in [0.2, 0.25) is 0 Å². The molecular formula is C20H20FN3O3. The van der Waals surface area contributed by atoms with Gasteiger partial charge in [-0.1, -0.05) is 18.2 Å². The summed E-state index contributed by atoms with van der Waals surface area (Å²) in [5, 5.41) is 2.90. The summed E-state index contributed by atoms with van der Waals surface area (Å²) in [4.78, 5) is 25.2. The van der Waals surface area contributed by atoms with E-state index in [2.05, 4.69) is 5.32 Å². The molecule has 0 aliphatic heterocycles. The average Bonchev–Trinajstić information content (AvgIpc) is 2.89. The molecule has 3 aromatic rings. The molecule has 0 unspecified atom stereocenters.